The first-order valence-corrected chi connectivity index (χ1v) is 9.19. The zero-order chi connectivity index (χ0) is 20.2. The second-order valence-electron chi connectivity index (χ2n) is 5.54. The molecule has 0 saturated carbocycles. The molecule has 8 nitrogen and oxygen atoms in total. The van der Waals surface area contributed by atoms with E-state index in [4.69, 9.17) is 27.8 Å². The molecule has 0 unspecified atom stereocenters. The van der Waals surface area contributed by atoms with Crippen molar-refractivity contribution in [2.75, 3.05) is 5.73 Å². The Kier molecular flexibility index (Phi) is 5.85. The highest BCUT2D eigenvalue weighted by atomic mass is 32.2. The number of hydrogen-bond donors (Lipinski definition) is 3. The lowest BCUT2D eigenvalue weighted by Crippen LogP contribution is -2.15. The molecule has 2 aromatic rings. The lowest BCUT2D eigenvalue weighted by atomic mass is 9.99. The summed E-state index contributed by atoms with van der Waals surface area (Å²) in [5.41, 5.74) is 12.2. The Morgan fingerprint density at radius 3 is 2.30 bits per heavy atom. The second kappa shape index (κ2) is 7.90. The van der Waals surface area contributed by atoms with Crippen molar-refractivity contribution >= 4 is 27.6 Å². The zero-order valence-corrected chi connectivity index (χ0v) is 15.0. The monoisotopic (exact) mass is 387 g/mol. The second-order valence-corrected chi connectivity index (χ2v) is 7.11. The average molecular weight is 387 g/mol. The molecule has 140 valence electrons. The summed E-state index contributed by atoms with van der Waals surface area (Å²) in [5, 5.41) is 5.07. The summed E-state index contributed by atoms with van der Waals surface area (Å²) >= 11 is 0. The number of anilines is 1. The number of nitrogen functional groups attached to an aromatic ring is 1. The summed E-state index contributed by atoms with van der Waals surface area (Å²) in [4.78, 5) is 23.4. The van der Waals surface area contributed by atoms with E-state index in [1.165, 1.54) is 36.4 Å². The molecule has 0 radical (unpaired) electrons. The third kappa shape index (κ3) is 4.84. The van der Waals surface area contributed by atoms with Crippen LogP contribution in [0.25, 0.3) is 11.1 Å². The van der Waals surface area contributed by atoms with Crippen LogP contribution in [0.5, 0.6) is 5.75 Å². The highest BCUT2D eigenvalue weighted by Crippen LogP contribution is 2.33. The Hall–Kier alpha value is -3.35. The number of rotatable bonds is 6. The first-order chi connectivity index (χ1) is 12.6. The molecule has 0 spiro atoms. The SMILES string of the molecule is C#CCCC(=O)Oc1cc(C(N)=O)c(N)c(-c2ccc(S(N)(=O)=O)cc2)c1. The molecular weight excluding hydrogens is 370 g/mol. The van der Waals surface area contributed by atoms with Gasteiger partial charge in [-0.2, -0.15) is 0 Å². The van der Waals surface area contributed by atoms with Gasteiger partial charge in [-0.15, -0.1) is 12.3 Å². The van der Waals surface area contributed by atoms with Crippen molar-refractivity contribution in [1.82, 2.24) is 0 Å². The van der Waals surface area contributed by atoms with Gasteiger partial charge in [0.15, 0.2) is 0 Å². The average Bonchev–Trinajstić information content (AvgIpc) is 2.60. The molecule has 0 bridgehead atoms. The van der Waals surface area contributed by atoms with E-state index in [1.54, 1.807) is 0 Å². The minimum Gasteiger partial charge on any atom is -0.426 e. The first kappa shape index (κ1) is 20.0. The highest BCUT2D eigenvalue weighted by Gasteiger charge is 2.17. The summed E-state index contributed by atoms with van der Waals surface area (Å²) < 4.78 is 27.9. The first-order valence-electron chi connectivity index (χ1n) is 7.64. The molecule has 2 aromatic carbocycles. The van der Waals surface area contributed by atoms with Crippen LogP contribution < -0.4 is 21.3 Å². The third-order valence-electron chi connectivity index (χ3n) is 3.62. The van der Waals surface area contributed by atoms with Crippen LogP contribution in [0.1, 0.15) is 23.2 Å². The number of hydrogen-bond acceptors (Lipinski definition) is 6. The van der Waals surface area contributed by atoms with Crippen molar-refractivity contribution in [3.05, 3.63) is 42.0 Å². The Bertz CT molecular complexity index is 1040. The smallest absolute Gasteiger partial charge is 0.312 e. The number of ether oxygens (including phenoxy) is 1. The van der Waals surface area contributed by atoms with E-state index < -0.39 is 21.9 Å². The molecule has 0 saturated heterocycles. The third-order valence-corrected chi connectivity index (χ3v) is 4.55. The number of primary amides is 1. The quantitative estimate of drug-likeness (QED) is 0.290. The van der Waals surface area contributed by atoms with Crippen molar-refractivity contribution in [2.45, 2.75) is 17.7 Å². The van der Waals surface area contributed by atoms with Gasteiger partial charge in [-0.25, -0.2) is 13.6 Å². The number of carbonyl (C=O) groups excluding carboxylic acids is 2. The molecule has 2 rings (SSSR count). The molecule has 0 aliphatic carbocycles. The van der Waals surface area contributed by atoms with E-state index in [-0.39, 0.29) is 34.7 Å². The van der Waals surface area contributed by atoms with Crippen LogP contribution in [0.2, 0.25) is 0 Å². The number of terminal acetylenes is 1. The maximum atomic E-state index is 11.8. The normalized spacial score (nSPS) is 10.8. The molecule has 0 aromatic heterocycles. The van der Waals surface area contributed by atoms with Crippen LogP contribution in [0.15, 0.2) is 41.3 Å². The standard InChI is InChI=1S/C18H17N3O5S/c1-2-3-4-16(22)26-12-9-14(17(19)15(10-12)18(20)23)11-5-7-13(8-6-11)27(21,24)25/h1,5-10H,3-4,19H2,(H2,20,23)(H2,21,24,25). The molecular formula is C18H17N3O5S. The van der Waals surface area contributed by atoms with Crippen molar-refractivity contribution in [1.29, 1.82) is 0 Å². The molecule has 0 heterocycles. The summed E-state index contributed by atoms with van der Waals surface area (Å²) in [6, 6.07) is 8.20. The lowest BCUT2D eigenvalue weighted by molar-refractivity contribution is -0.134. The molecule has 6 N–H and O–H groups in total. The number of sulfonamides is 1. The molecule has 27 heavy (non-hydrogen) atoms. The number of nitrogens with two attached hydrogens (primary N) is 3. The van der Waals surface area contributed by atoms with E-state index in [0.29, 0.717) is 11.1 Å². The number of amides is 1. The predicted molar refractivity (Wildman–Crippen MR) is 99.9 cm³/mol. The topological polar surface area (TPSA) is 156 Å². The number of esters is 1. The van der Waals surface area contributed by atoms with Gasteiger partial charge in [0.05, 0.1) is 22.6 Å². The van der Waals surface area contributed by atoms with E-state index in [1.807, 2.05) is 0 Å². The minimum atomic E-state index is -3.86. The van der Waals surface area contributed by atoms with Crippen molar-refractivity contribution in [3.8, 4) is 29.2 Å². The Labute approximate surface area is 156 Å². The molecule has 0 aliphatic heterocycles. The van der Waals surface area contributed by atoms with E-state index in [0.717, 1.165) is 0 Å². The van der Waals surface area contributed by atoms with Gasteiger partial charge in [0, 0.05) is 12.0 Å². The van der Waals surface area contributed by atoms with Gasteiger partial charge in [0.1, 0.15) is 5.75 Å². The van der Waals surface area contributed by atoms with Gasteiger partial charge in [-0.05, 0) is 29.8 Å². The van der Waals surface area contributed by atoms with Crippen LogP contribution in [0.3, 0.4) is 0 Å². The van der Waals surface area contributed by atoms with Crippen molar-refractivity contribution in [2.24, 2.45) is 10.9 Å². The summed E-state index contributed by atoms with van der Waals surface area (Å²) in [5.74, 6) is 0.995. The van der Waals surface area contributed by atoms with Gasteiger partial charge in [0.2, 0.25) is 10.0 Å². The summed E-state index contributed by atoms with van der Waals surface area (Å²) in [6.07, 6.45) is 5.32. The van der Waals surface area contributed by atoms with E-state index in [2.05, 4.69) is 5.92 Å². The van der Waals surface area contributed by atoms with Gasteiger partial charge in [-0.1, -0.05) is 12.1 Å². The van der Waals surface area contributed by atoms with Gasteiger partial charge < -0.3 is 16.2 Å². The predicted octanol–water partition coefficient (Wildman–Crippen LogP) is 1.00. The van der Waals surface area contributed by atoms with Crippen molar-refractivity contribution in [3.63, 3.8) is 0 Å². The fourth-order valence-electron chi connectivity index (χ4n) is 2.31. The molecule has 1 amide bonds. The zero-order valence-electron chi connectivity index (χ0n) is 14.1. The van der Waals surface area contributed by atoms with Gasteiger partial charge in [-0.3, -0.25) is 9.59 Å². The Morgan fingerprint density at radius 2 is 1.78 bits per heavy atom. The van der Waals surface area contributed by atoms with Crippen LogP contribution in [-0.4, -0.2) is 20.3 Å². The van der Waals surface area contributed by atoms with Gasteiger partial charge in [0.25, 0.3) is 5.91 Å². The number of benzene rings is 2. The molecule has 9 heteroatoms. The summed E-state index contributed by atoms with van der Waals surface area (Å²) in [6.45, 7) is 0. The van der Waals surface area contributed by atoms with Crippen LogP contribution in [0, 0.1) is 12.3 Å². The van der Waals surface area contributed by atoms with Gasteiger partial charge >= 0.3 is 5.97 Å². The Balaban J connectivity index is 2.50. The van der Waals surface area contributed by atoms with Crippen LogP contribution >= 0.6 is 0 Å². The largest absolute Gasteiger partial charge is 0.426 e. The maximum absolute atomic E-state index is 11.8. The van der Waals surface area contributed by atoms with Crippen LogP contribution in [-0.2, 0) is 14.8 Å². The maximum Gasteiger partial charge on any atom is 0.312 e. The molecule has 0 fully saturated rings. The number of carbonyl (C=O) groups is 2. The fourth-order valence-corrected chi connectivity index (χ4v) is 2.82. The number of primary sulfonamides is 1. The minimum absolute atomic E-state index is 0.00513. The van der Waals surface area contributed by atoms with Crippen molar-refractivity contribution < 1.29 is 22.7 Å². The van der Waals surface area contributed by atoms with E-state index in [9.17, 15) is 18.0 Å². The van der Waals surface area contributed by atoms with E-state index >= 15 is 0 Å². The summed E-state index contributed by atoms with van der Waals surface area (Å²) in [7, 11) is -3.86. The molecule has 0 aliphatic rings. The molecule has 0 atom stereocenters. The lowest BCUT2D eigenvalue weighted by Gasteiger charge is -2.13. The fraction of sp³-hybridized carbons (Fsp3) is 0.111. The Morgan fingerprint density at radius 1 is 1.15 bits per heavy atom. The highest BCUT2D eigenvalue weighted by molar-refractivity contribution is 7.89. The van der Waals surface area contributed by atoms with Crippen LogP contribution in [0.4, 0.5) is 5.69 Å².